The number of carbonyl (C=O) groups is 1. The minimum absolute atomic E-state index is 0.00513. The van der Waals surface area contributed by atoms with Crippen LogP contribution in [0.25, 0.3) is 0 Å². The summed E-state index contributed by atoms with van der Waals surface area (Å²) in [5.74, 6) is -0.930. The summed E-state index contributed by atoms with van der Waals surface area (Å²) in [6.07, 6.45) is 0.601. The highest BCUT2D eigenvalue weighted by molar-refractivity contribution is 6.30. The second kappa shape index (κ2) is 9.45. The van der Waals surface area contributed by atoms with E-state index in [9.17, 15) is 13.6 Å². The first kappa shape index (κ1) is 20.7. The molecule has 0 unspecified atom stereocenters. The van der Waals surface area contributed by atoms with Crippen molar-refractivity contribution in [3.05, 3.63) is 70.2 Å². The topological polar surface area (TPSA) is 44.4 Å². The number of carbonyl (C=O) groups excluding carboxylic acids is 1. The number of hydrogen-bond donors (Lipinski definition) is 2. The predicted molar refractivity (Wildman–Crippen MR) is 106 cm³/mol. The second-order valence-corrected chi connectivity index (χ2v) is 7.46. The Morgan fingerprint density at radius 1 is 1.25 bits per heavy atom. The van der Waals surface area contributed by atoms with Gasteiger partial charge in [0.25, 0.3) is 0 Å². The van der Waals surface area contributed by atoms with Gasteiger partial charge in [-0.1, -0.05) is 23.7 Å². The lowest BCUT2D eigenvalue weighted by molar-refractivity contribution is -0.125. The summed E-state index contributed by atoms with van der Waals surface area (Å²) in [6, 6.07) is 10.7. The Balaban J connectivity index is 1.68. The first-order valence-electron chi connectivity index (χ1n) is 9.39. The van der Waals surface area contributed by atoms with Crippen LogP contribution in [-0.2, 0) is 17.9 Å². The molecule has 1 aliphatic rings. The van der Waals surface area contributed by atoms with Gasteiger partial charge in [0.1, 0.15) is 11.6 Å². The molecule has 0 aromatic heterocycles. The first-order chi connectivity index (χ1) is 13.5. The fourth-order valence-corrected chi connectivity index (χ4v) is 3.81. The number of halogens is 3. The van der Waals surface area contributed by atoms with Crippen molar-refractivity contribution >= 4 is 17.5 Å². The number of amides is 1. The molecule has 1 amide bonds. The zero-order chi connectivity index (χ0) is 20.1. The molecule has 0 aliphatic carbocycles. The summed E-state index contributed by atoms with van der Waals surface area (Å²) in [5.41, 5.74) is 1.31. The second-order valence-electron chi connectivity index (χ2n) is 7.02. The van der Waals surface area contributed by atoms with Crippen molar-refractivity contribution in [1.29, 1.82) is 0 Å². The summed E-state index contributed by atoms with van der Waals surface area (Å²) in [5, 5.41) is 6.80. The van der Waals surface area contributed by atoms with Gasteiger partial charge >= 0.3 is 0 Å². The van der Waals surface area contributed by atoms with Crippen LogP contribution in [0.3, 0.4) is 0 Å². The molecule has 0 bridgehead atoms. The van der Waals surface area contributed by atoms with Gasteiger partial charge in [0, 0.05) is 42.8 Å². The Hall–Kier alpha value is -2.02. The van der Waals surface area contributed by atoms with Gasteiger partial charge in [-0.25, -0.2) is 8.78 Å². The van der Waals surface area contributed by atoms with Crippen LogP contribution in [0.5, 0.6) is 0 Å². The van der Waals surface area contributed by atoms with Crippen LogP contribution in [0.1, 0.15) is 24.5 Å². The highest BCUT2D eigenvalue weighted by Gasteiger charge is 2.36. The average Bonchev–Trinajstić information content (AvgIpc) is 3.05. The van der Waals surface area contributed by atoms with Gasteiger partial charge in [-0.2, -0.15) is 0 Å². The van der Waals surface area contributed by atoms with E-state index in [0.717, 1.165) is 17.7 Å². The molecule has 2 aromatic carbocycles. The zero-order valence-corrected chi connectivity index (χ0v) is 16.5. The smallest absolute Gasteiger partial charge is 0.237 e. The monoisotopic (exact) mass is 407 g/mol. The van der Waals surface area contributed by atoms with Gasteiger partial charge in [-0.05, 0) is 49.2 Å². The van der Waals surface area contributed by atoms with Gasteiger partial charge < -0.3 is 10.6 Å². The van der Waals surface area contributed by atoms with Crippen LogP contribution in [0.2, 0.25) is 5.02 Å². The van der Waals surface area contributed by atoms with Crippen molar-refractivity contribution < 1.29 is 13.6 Å². The quantitative estimate of drug-likeness (QED) is 0.738. The highest BCUT2D eigenvalue weighted by Crippen LogP contribution is 2.23. The Kier molecular flexibility index (Phi) is 6.99. The zero-order valence-electron chi connectivity index (χ0n) is 15.7. The maximum Gasteiger partial charge on any atom is 0.237 e. The normalized spacial score (nSPS) is 19.7. The van der Waals surface area contributed by atoms with Gasteiger partial charge in [-0.3, -0.25) is 9.69 Å². The molecular formula is C21H24ClF2N3O. The molecule has 0 spiro atoms. The van der Waals surface area contributed by atoms with Crippen molar-refractivity contribution in [1.82, 2.24) is 15.5 Å². The molecule has 150 valence electrons. The lowest BCUT2D eigenvalue weighted by Crippen LogP contribution is -2.42. The summed E-state index contributed by atoms with van der Waals surface area (Å²) >= 11 is 6.08. The number of hydrogen-bond acceptors (Lipinski definition) is 3. The molecule has 1 aliphatic heterocycles. The van der Waals surface area contributed by atoms with Crippen LogP contribution in [0.15, 0.2) is 42.5 Å². The Labute approximate surface area is 168 Å². The van der Waals surface area contributed by atoms with Crippen LogP contribution in [0.4, 0.5) is 8.78 Å². The van der Waals surface area contributed by atoms with Crippen molar-refractivity contribution in [2.75, 3.05) is 13.1 Å². The molecule has 1 fully saturated rings. The number of nitrogens with one attached hydrogen (secondary N) is 2. The van der Waals surface area contributed by atoms with E-state index in [4.69, 9.17) is 11.6 Å². The van der Waals surface area contributed by atoms with Gasteiger partial charge in [-0.15, -0.1) is 0 Å². The molecule has 0 saturated carbocycles. The number of likely N-dealkylation sites (tertiary alicyclic amines) is 1. The van der Waals surface area contributed by atoms with Crippen molar-refractivity contribution in [2.45, 2.75) is 38.5 Å². The molecule has 4 nitrogen and oxygen atoms in total. The SMILES string of the molecule is CCNC(=O)[C@@H]1C[C@@H](NCc2cc(F)ccc2F)CN1Cc1cccc(Cl)c1. The number of nitrogens with zero attached hydrogens (tertiary/aromatic N) is 1. The summed E-state index contributed by atoms with van der Waals surface area (Å²) in [6.45, 7) is 3.88. The van der Waals surface area contributed by atoms with Crippen molar-refractivity contribution in [3.8, 4) is 0 Å². The molecule has 1 heterocycles. The third kappa shape index (κ3) is 5.28. The molecule has 28 heavy (non-hydrogen) atoms. The van der Waals surface area contributed by atoms with E-state index in [2.05, 4.69) is 15.5 Å². The first-order valence-corrected chi connectivity index (χ1v) is 9.77. The van der Waals surface area contributed by atoms with E-state index in [-0.39, 0.29) is 30.1 Å². The average molecular weight is 408 g/mol. The summed E-state index contributed by atoms with van der Waals surface area (Å²) < 4.78 is 27.2. The van der Waals surface area contributed by atoms with E-state index < -0.39 is 11.6 Å². The lowest BCUT2D eigenvalue weighted by atomic mass is 10.1. The minimum atomic E-state index is -0.465. The number of rotatable bonds is 7. The number of likely N-dealkylation sites (N-methyl/N-ethyl adjacent to an activating group) is 1. The third-order valence-electron chi connectivity index (χ3n) is 4.92. The third-order valence-corrected chi connectivity index (χ3v) is 5.16. The number of benzene rings is 2. The standard InChI is InChI=1S/C21H24ClF2N3O/c1-2-25-21(28)20-10-18(26-11-15-9-17(23)6-7-19(15)24)13-27(20)12-14-4-3-5-16(22)8-14/h3-9,18,20,26H,2,10-13H2,1H3,(H,25,28)/t18-,20+/m1/s1. The maximum absolute atomic E-state index is 13.9. The van der Waals surface area contributed by atoms with E-state index in [1.165, 1.54) is 6.07 Å². The van der Waals surface area contributed by atoms with Gasteiger partial charge in [0.2, 0.25) is 5.91 Å². The molecule has 7 heteroatoms. The van der Waals surface area contributed by atoms with E-state index in [1.807, 2.05) is 31.2 Å². The fraction of sp³-hybridized carbons (Fsp3) is 0.381. The lowest BCUT2D eigenvalue weighted by Gasteiger charge is -2.23. The predicted octanol–water partition coefficient (Wildman–Crippen LogP) is 3.49. The van der Waals surface area contributed by atoms with Gasteiger partial charge in [0.05, 0.1) is 6.04 Å². The molecule has 1 saturated heterocycles. The highest BCUT2D eigenvalue weighted by atomic mass is 35.5. The molecule has 0 radical (unpaired) electrons. The molecule has 2 aromatic rings. The van der Waals surface area contributed by atoms with Gasteiger partial charge in [0.15, 0.2) is 0 Å². The Morgan fingerprint density at radius 2 is 2.07 bits per heavy atom. The van der Waals surface area contributed by atoms with E-state index in [0.29, 0.717) is 31.1 Å². The maximum atomic E-state index is 13.9. The molecule has 2 atom stereocenters. The fourth-order valence-electron chi connectivity index (χ4n) is 3.59. The van der Waals surface area contributed by atoms with Crippen LogP contribution < -0.4 is 10.6 Å². The summed E-state index contributed by atoms with van der Waals surface area (Å²) in [4.78, 5) is 14.6. The van der Waals surface area contributed by atoms with Crippen LogP contribution >= 0.6 is 11.6 Å². The van der Waals surface area contributed by atoms with Crippen molar-refractivity contribution in [2.24, 2.45) is 0 Å². The largest absolute Gasteiger partial charge is 0.355 e. The van der Waals surface area contributed by atoms with Crippen molar-refractivity contribution in [3.63, 3.8) is 0 Å². The van der Waals surface area contributed by atoms with E-state index in [1.54, 1.807) is 0 Å². The summed E-state index contributed by atoms with van der Waals surface area (Å²) in [7, 11) is 0. The molecular weight excluding hydrogens is 384 g/mol. The Morgan fingerprint density at radius 3 is 2.82 bits per heavy atom. The van der Waals surface area contributed by atoms with Crippen LogP contribution in [0, 0.1) is 11.6 Å². The van der Waals surface area contributed by atoms with E-state index >= 15 is 0 Å². The Bertz CT molecular complexity index is 833. The molecule has 2 N–H and O–H groups in total. The molecule has 3 rings (SSSR count). The van der Waals surface area contributed by atoms with Crippen LogP contribution in [-0.4, -0.2) is 36.0 Å². The minimum Gasteiger partial charge on any atom is -0.355 e.